The first-order valence-electron chi connectivity index (χ1n) is 4.09. The third-order valence-corrected chi connectivity index (χ3v) is 1.91. The van der Waals surface area contributed by atoms with Crippen LogP contribution < -0.4 is 0 Å². The molecule has 0 aromatic heterocycles. The predicted molar refractivity (Wildman–Crippen MR) is 46.4 cm³/mol. The maximum atomic E-state index is 8.78. The van der Waals surface area contributed by atoms with Crippen molar-refractivity contribution < 1.29 is 20.4 Å². The van der Waals surface area contributed by atoms with Crippen LogP contribution in [0.15, 0.2) is 0 Å². The van der Waals surface area contributed by atoms with Crippen LogP contribution in [0.2, 0.25) is 0 Å². The highest BCUT2D eigenvalue weighted by molar-refractivity contribution is 4.64. The summed E-state index contributed by atoms with van der Waals surface area (Å²) in [7, 11) is 0. The molecular weight excluding hydrogens is 176 g/mol. The van der Waals surface area contributed by atoms with Crippen LogP contribution >= 0.6 is 0 Å². The Bertz CT molecular complexity index is 117. The van der Waals surface area contributed by atoms with Gasteiger partial charge in [0, 0.05) is 12.6 Å². The van der Waals surface area contributed by atoms with Gasteiger partial charge in [-0.3, -0.25) is 9.80 Å². The lowest BCUT2D eigenvalue weighted by atomic mass is 10.3. The van der Waals surface area contributed by atoms with Gasteiger partial charge in [-0.25, -0.2) is 0 Å². The number of aliphatic hydroxyl groups is 4. The van der Waals surface area contributed by atoms with Crippen LogP contribution in [0.5, 0.6) is 0 Å². The summed E-state index contributed by atoms with van der Waals surface area (Å²) in [5.41, 5.74) is 0. The Balaban J connectivity index is 3.87. The summed E-state index contributed by atoms with van der Waals surface area (Å²) in [5.74, 6) is 0. The summed E-state index contributed by atoms with van der Waals surface area (Å²) < 4.78 is 0. The third-order valence-electron chi connectivity index (χ3n) is 1.91. The van der Waals surface area contributed by atoms with Gasteiger partial charge in [-0.2, -0.15) is 0 Å². The Labute approximate surface area is 77.6 Å². The Morgan fingerprint density at radius 2 is 1.38 bits per heavy atom. The van der Waals surface area contributed by atoms with Crippen molar-refractivity contribution in [3.63, 3.8) is 0 Å². The fraction of sp³-hybridized carbons (Fsp3) is 1.00. The molecule has 6 nitrogen and oxygen atoms in total. The van der Waals surface area contributed by atoms with E-state index in [4.69, 9.17) is 20.4 Å². The zero-order chi connectivity index (χ0) is 10.3. The number of aliphatic hydroxyl groups excluding tert-OH is 4. The standard InChI is InChI=1S/C7H18N2O4/c1-7(9(5-12)6-13)2-8(3-10)4-11/h7,10-13H,2-6H2,1H3. The van der Waals surface area contributed by atoms with E-state index in [1.54, 1.807) is 6.92 Å². The molecule has 0 bridgehead atoms. The molecule has 0 saturated heterocycles. The SMILES string of the molecule is CC(CN(CO)CO)N(CO)CO. The number of hydrogen-bond acceptors (Lipinski definition) is 6. The molecule has 0 fully saturated rings. The normalized spacial score (nSPS) is 14.1. The minimum atomic E-state index is -0.248. The van der Waals surface area contributed by atoms with Gasteiger partial charge >= 0.3 is 0 Å². The summed E-state index contributed by atoms with van der Waals surface area (Å²) >= 11 is 0. The molecule has 0 heterocycles. The lowest BCUT2D eigenvalue weighted by molar-refractivity contribution is -0.0339. The van der Waals surface area contributed by atoms with E-state index in [9.17, 15) is 0 Å². The van der Waals surface area contributed by atoms with E-state index in [0.29, 0.717) is 6.54 Å². The van der Waals surface area contributed by atoms with E-state index < -0.39 is 0 Å². The minimum absolute atomic E-state index is 0.130. The molecule has 1 unspecified atom stereocenters. The molecule has 0 aromatic rings. The molecule has 0 radical (unpaired) electrons. The van der Waals surface area contributed by atoms with Crippen molar-refractivity contribution in [1.29, 1.82) is 0 Å². The average molecular weight is 194 g/mol. The van der Waals surface area contributed by atoms with Crippen molar-refractivity contribution in [3.8, 4) is 0 Å². The Hall–Kier alpha value is -0.240. The molecule has 6 heteroatoms. The molecule has 0 aliphatic rings. The monoisotopic (exact) mass is 194 g/mol. The van der Waals surface area contributed by atoms with E-state index in [0.717, 1.165) is 0 Å². The molecule has 80 valence electrons. The van der Waals surface area contributed by atoms with Gasteiger partial charge in [0.2, 0.25) is 0 Å². The quantitative estimate of drug-likeness (QED) is 0.343. The van der Waals surface area contributed by atoms with E-state index in [1.165, 1.54) is 9.80 Å². The second-order valence-corrected chi connectivity index (χ2v) is 2.86. The topological polar surface area (TPSA) is 87.4 Å². The molecule has 0 aromatic carbocycles. The van der Waals surface area contributed by atoms with Gasteiger partial charge in [0.1, 0.15) is 0 Å². The van der Waals surface area contributed by atoms with Crippen LogP contribution in [-0.4, -0.2) is 69.7 Å². The molecule has 4 N–H and O–H groups in total. The Morgan fingerprint density at radius 3 is 1.69 bits per heavy atom. The van der Waals surface area contributed by atoms with Crippen LogP contribution in [0.1, 0.15) is 6.92 Å². The van der Waals surface area contributed by atoms with Gasteiger partial charge in [0.25, 0.3) is 0 Å². The highest BCUT2D eigenvalue weighted by Gasteiger charge is 2.14. The summed E-state index contributed by atoms with van der Waals surface area (Å²) in [6.07, 6.45) is 0. The molecule has 13 heavy (non-hydrogen) atoms. The first kappa shape index (κ1) is 12.8. The van der Waals surface area contributed by atoms with Crippen molar-refractivity contribution in [2.45, 2.75) is 13.0 Å². The molecule has 1 atom stereocenters. The van der Waals surface area contributed by atoms with E-state index >= 15 is 0 Å². The second-order valence-electron chi connectivity index (χ2n) is 2.86. The minimum Gasteiger partial charge on any atom is -0.381 e. The van der Waals surface area contributed by atoms with Gasteiger partial charge in [0.05, 0.1) is 26.9 Å². The van der Waals surface area contributed by atoms with Gasteiger partial charge < -0.3 is 20.4 Å². The largest absolute Gasteiger partial charge is 0.381 e. The summed E-state index contributed by atoms with van der Waals surface area (Å²) in [4.78, 5) is 2.78. The molecule has 0 aliphatic carbocycles. The van der Waals surface area contributed by atoms with Crippen molar-refractivity contribution in [1.82, 2.24) is 9.80 Å². The lowest BCUT2D eigenvalue weighted by Gasteiger charge is -2.28. The van der Waals surface area contributed by atoms with Crippen molar-refractivity contribution in [3.05, 3.63) is 0 Å². The smallest absolute Gasteiger partial charge is 0.0976 e. The number of rotatable bonds is 7. The number of hydrogen-bond donors (Lipinski definition) is 4. The third kappa shape index (κ3) is 4.51. The molecule has 0 saturated carbocycles. The second kappa shape index (κ2) is 7.19. The van der Waals surface area contributed by atoms with Gasteiger partial charge in [0.15, 0.2) is 0 Å². The van der Waals surface area contributed by atoms with Gasteiger partial charge in [-0.15, -0.1) is 0 Å². The molecule has 0 amide bonds. The maximum Gasteiger partial charge on any atom is 0.0976 e. The first-order valence-corrected chi connectivity index (χ1v) is 4.09. The fourth-order valence-corrected chi connectivity index (χ4v) is 0.973. The molecule has 0 aliphatic heterocycles. The van der Waals surface area contributed by atoms with Crippen LogP contribution in [0, 0.1) is 0 Å². The van der Waals surface area contributed by atoms with Gasteiger partial charge in [-0.1, -0.05) is 0 Å². The zero-order valence-corrected chi connectivity index (χ0v) is 7.80. The van der Waals surface area contributed by atoms with Crippen LogP contribution in [0.4, 0.5) is 0 Å². The van der Waals surface area contributed by atoms with Crippen LogP contribution in [-0.2, 0) is 0 Å². The van der Waals surface area contributed by atoms with E-state index in [-0.39, 0.29) is 33.0 Å². The Kier molecular flexibility index (Phi) is 7.06. The molecule has 0 spiro atoms. The summed E-state index contributed by atoms with van der Waals surface area (Å²) in [6.45, 7) is 1.18. The summed E-state index contributed by atoms with van der Waals surface area (Å²) in [5, 5.41) is 35.0. The molecule has 0 rings (SSSR count). The Morgan fingerprint density at radius 1 is 0.923 bits per heavy atom. The van der Waals surface area contributed by atoms with Crippen LogP contribution in [0.3, 0.4) is 0 Å². The van der Waals surface area contributed by atoms with E-state index in [2.05, 4.69) is 0 Å². The lowest BCUT2D eigenvalue weighted by Crippen LogP contribution is -2.43. The van der Waals surface area contributed by atoms with Crippen molar-refractivity contribution in [2.75, 3.05) is 33.5 Å². The van der Waals surface area contributed by atoms with E-state index in [1.807, 2.05) is 0 Å². The number of nitrogens with zero attached hydrogens (tertiary/aromatic N) is 2. The highest BCUT2D eigenvalue weighted by atomic mass is 16.3. The summed E-state index contributed by atoms with van der Waals surface area (Å²) in [6, 6.07) is -0.130. The average Bonchev–Trinajstić information content (AvgIpc) is 2.16. The molecular formula is C7H18N2O4. The highest BCUT2D eigenvalue weighted by Crippen LogP contribution is 1.98. The maximum absolute atomic E-state index is 8.78. The zero-order valence-electron chi connectivity index (χ0n) is 7.80. The van der Waals surface area contributed by atoms with Crippen LogP contribution in [0.25, 0.3) is 0 Å². The first-order chi connectivity index (χ1) is 6.19. The predicted octanol–water partition coefficient (Wildman–Crippen LogP) is -2.22. The van der Waals surface area contributed by atoms with Crippen molar-refractivity contribution in [2.24, 2.45) is 0 Å². The van der Waals surface area contributed by atoms with Crippen molar-refractivity contribution >= 4 is 0 Å². The van der Waals surface area contributed by atoms with Gasteiger partial charge in [-0.05, 0) is 6.92 Å². The fourth-order valence-electron chi connectivity index (χ4n) is 0.973.